The van der Waals surface area contributed by atoms with Crippen LogP contribution >= 0.6 is 31.9 Å². The summed E-state index contributed by atoms with van der Waals surface area (Å²) in [4.78, 5) is 11.9. The maximum Gasteiger partial charge on any atom is 0.408 e. The van der Waals surface area contributed by atoms with E-state index in [1.54, 1.807) is 0 Å². The van der Waals surface area contributed by atoms with Crippen molar-refractivity contribution in [1.82, 2.24) is 10.6 Å². The van der Waals surface area contributed by atoms with E-state index in [0.29, 0.717) is 6.54 Å². The fourth-order valence-electron chi connectivity index (χ4n) is 1.99. The first-order chi connectivity index (χ1) is 10.4. The van der Waals surface area contributed by atoms with Crippen LogP contribution in [0.2, 0.25) is 0 Å². The first-order valence-corrected chi connectivity index (χ1v) is 9.18. The summed E-state index contributed by atoms with van der Waals surface area (Å²) in [5.41, 5.74) is 0.253. The third kappa shape index (κ3) is 7.68. The van der Waals surface area contributed by atoms with Gasteiger partial charge in [0, 0.05) is 21.5 Å². The van der Waals surface area contributed by atoms with E-state index in [9.17, 15) is 4.79 Å². The SMILES string of the molecule is CC(NCC(C)(C)NC(=O)OC(C)(C)C)c1ccc(Br)cc1Br. The number of hydrogen-bond acceptors (Lipinski definition) is 3. The molecule has 0 aliphatic rings. The molecule has 0 spiro atoms. The van der Waals surface area contributed by atoms with Crippen LogP contribution in [-0.4, -0.2) is 23.8 Å². The molecular formula is C17H26Br2N2O2. The summed E-state index contributed by atoms with van der Waals surface area (Å²) in [7, 11) is 0. The Hall–Kier alpha value is -0.590. The van der Waals surface area contributed by atoms with Crippen LogP contribution in [0.1, 0.15) is 53.1 Å². The van der Waals surface area contributed by atoms with Gasteiger partial charge in [-0.3, -0.25) is 0 Å². The highest BCUT2D eigenvalue weighted by molar-refractivity contribution is 9.11. The summed E-state index contributed by atoms with van der Waals surface area (Å²) in [5.74, 6) is 0. The van der Waals surface area contributed by atoms with Gasteiger partial charge in [-0.25, -0.2) is 4.79 Å². The highest BCUT2D eigenvalue weighted by Gasteiger charge is 2.25. The smallest absolute Gasteiger partial charge is 0.408 e. The first kappa shape index (κ1) is 20.5. The standard InChI is InChI=1S/C17H26Br2N2O2/c1-11(13-8-7-12(18)9-14(13)19)20-10-17(5,6)21-15(22)23-16(2,3)4/h7-9,11,20H,10H2,1-6H3,(H,21,22). The van der Waals surface area contributed by atoms with Crippen LogP contribution in [0.5, 0.6) is 0 Å². The van der Waals surface area contributed by atoms with Crippen molar-refractivity contribution in [3.05, 3.63) is 32.7 Å². The number of amides is 1. The fourth-order valence-corrected chi connectivity index (χ4v) is 3.39. The minimum absolute atomic E-state index is 0.150. The van der Waals surface area contributed by atoms with Crippen LogP contribution in [0, 0.1) is 0 Å². The molecule has 1 aromatic carbocycles. The molecule has 1 atom stereocenters. The number of alkyl carbamates (subject to hydrolysis) is 1. The zero-order chi connectivity index (χ0) is 17.8. The molecule has 0 heterocycles. The summed E-state index contributed by atoms with van der Waals surface area (Å²) in [6.45, 7) is 12.2. The molecule has 23 heavy (non-hydrogen) atoms. The number of halogens is 2. The number of nitrogens with one attached hydrogen (secondary N) is 2. The Kier molecular flexibility index (Phi) is 7.11. The second-order valence-corrected chi connectivity index (χ2v) is 9.05. The molecule has 6 heteroatoms. The third-order valence-corrected chi connectivity index (χ3v) is 4.30. The Morgan fingerprint density at radius 1 is 1.22 bits per heavy atom. The first-order valence-electron chi connectivity index (χ1n) is 7.59. The average molecular weight is 450 g/mol. The van der Waals surface area contributed by atoms with Gasteiger partial charge >= 0.3 is 6.09 Å². The maximum atomic E-state index is 11.9. The van der Waals surface area contributed by atoms with Gasteiger partial charge in [0.25, 0.3) is 0 Å². The maximum absolute atomic E-state index is 11.9. The number of ether oxygens (including phenoxy) is 1. The quantitative estimate of drug-likeness (QED) is 0.652. The zero-order valence-corrected chi connectivity index (χ0v) is 17.8. The zero-order valence-electron chi connectivity index (χ0n) is 14.6. The van der Waals surface area contributed by atoms with E-state index >= 15 is 0 Å². The Morgan fingerprint density at radius 2 is 1.83 bits per heavy atom. The van der Waals surface area contributed by atoms with Crippen LogP contribution in [0.25, 0.3) is 0 Å². The summed E-state index contributed by atoms with van der Waals surface area (Å²) < 4.78 is 7.39. The van der Waals surface area contributed by atoms with Crippen molar-refractivity contribution in [3.8, 4) is 0 Å². The minimum Gasteiger partial charge on any atom is -0.444 e. The molecule has 0 aromatic heterocycles. The monoisotopic (exact) mass is 448 g/mol. The molecule has 0 aliphatic carbocycles. The van der Waals surface area contributed by atoms with E-state index in [1.807, 2.05) is 46.8 Å². The molecule has 1 rings (SSSR count). The number of hydrogen-bond donors (Lipinski definition) is 2. The van der Waals surface area contributed by atoms with Crippen LogP contribution in [0.3, 0.4) is 0 Å². The molecule has 0 saturated heterocycles. The van der Waals surface area contributed by atoms with Gasteiger partial charge in [-0.1, -0.05) is 37.9 Å². The lowest BCUT2D eigenvalue weighted by Crippen LogP contribution is -2.51. The van der Waals surface area contributed by atoms with E-state index in [-0.39, 0.29) is 6.04 Å². The largest absolute Gasteiger partial charge is 0.444 e. The van der Waals surface area contributed by atoms with Crippen molar-refractivity contribution in [1.29, 1.82) is 0 Å². The Balaban J connectivity index is 2.59. The Bertz CT molecular complexity index is 554. The van der Waals surface area contributed by atoms with Gasteiger partial charge in [-0.2, -0.15) is 0 Å². The fraction of sp³-hybridized carbons (Fsp3) is 0.588. The average Bonchev–Trinajstić information content (AvgIpc) is 2.32. The second-order valence-electron chi connectivity index (χ2n) is 7.28. The lowest BCUT2D eigenvalue weighted by atomic mass is 10.0. The molecule has 0 radical (unpaired) electrons. The summed E-state index contributed by atoms with van der Waals surface area (Å²) in [6, 6.07) is 6.26. The Labute approximate surface area is 156 Å². The predicted octanol–water partition coefficient (Wildman–Crippen LogP) is 5.17. The number of rotatable bonds is 5. The van der Waals surface area contributed by atoms with Gasteiger partial charge < -0.3 is 15.4 Å². The highest BCUT2D eigenvalue weighted by Crippen LogP contribution is 2.27. The minimum atomic E-state index is -0.497. The molecule has 0 fully saturated rings. The van der Waals surface area contributed by atoms with Gasteiger partial charge in [-0.15, -0.1) is 0 Å². The molecule has 1 unspecified atom stereocenters. The van der Waals surface area contributed by atoms with Crippen LogP contribution < -0.4 is 10.6 Å². The second kappa shape index (κ2) is 7.99. The Morgan fingerprint density at radius 3 is 2.35 bits per heavy atom. The molecule has 0 saturated carbocycles. The highest BCUT2D eigenvalue weighted by atomic mass is 79.9. The molecular weight excluding hydrogens is 424 g/mol. The molecule has 1 aromatic rings. The van der Waals surface area contributed by atoms with E-state index in [0.717, 1.165) is 8.95 Å². The molecule has 130 valence electrons. The topological polar surface area (TPSA) is 50.4 Å². The molecule has 0 aliphatic heterocycles. The van der Waals surface area contributed by atoms with E-state index in [1.165, 1.54) is 5.56 Å². The van der Waals surface area contributed by atoms with Gasteiger partial charge in [0.1, 0.15) is 5.60 Å². The molecule has 1 amide bonds. The number of benzene rings is 1. The van der Waals surface area contributed by atoms with Crippen molar-refractivity contribution >= 4 is 38.0 Å². The van der Waals surface area contributed by atoms with Gasteiger partial charge in [-0.05, 0) is 59.2 Å². The molecule has 4 nitrogen and oxygen atoms in total. The van der Waals surface area contributed by atoms with Gasteiger partial charge in [0.05, 0.1) is 5.54 Å². The van der Waals surface area contributed by atoms with Gasteiger partial charge in [0.15, 0.2) is 0 Å². The molecule has 0 bridgehead atoms. The number of carbonyl (C=O) groups is 1. The summed E-state index contributed by atoms with van der Waals surface area (Å²) in [5, 5.41) is 6.35. The van der Waals surface area contributed by atoms with Crippen molar-refractivity contribution in [2.75, 3.05) is 6.54 Å². The van der Waals surface area contributed by atoms with Crippen LogP contribution in [0.4, 0.5) is 4.79 Å². The normalized spacial score (nSPS) is 13.6. The van der Waals surface area contributed by atoms with Crippen LogP contribution in [0.15, 0.2) is 27.1 Å². The predicted molar refractivity (Wildman–Crippen MR) is 102 cm³/mol. The summed E-state index contributed by atoms with van der Waals surface area (Å²) >= 11 is 7.04. The summed E-state index contributed by atoms with van der Waals surface area (Å²) in [6.07, 6.45) is -0.401. The third-order valence-electron chi connectivity index (χ3n) is 3.12. The van der Waals surface area contributed by atoms with Crippen molar-refractivity contribution < 1.29 is 9.53 Å². The van der Waals surface area contributed by atoms with Crippen LogP contribution in [-0.2, 0) is 4.74 Å². The molecule has 2 N–H and O–H groups in total. The number of carbonyl (C=O) groups excluding carboxylic acids is 1. The van der Waals surface area contributed by atoms with Crippen molar-refractivity contribution in [2.24, 2.45) is 0 Å². The van der Waals surface area contributed by atoms with Crippen molar-refractivity contribution in [2.45, 2.75) is 58.7 Å². The van der Waals surface area contributed by atoms with E-state index in [2.05, 4.69) is 55.5 Å². The van der Waals surface area contributed by atoms with Gasteiger partial charge in [0.2, 0.25) is 0 Å². The lowest BCUT2D eigenvalue weighted by molar-refractivity contribution is 0.0471. The lowest BCUT2D eigenvalue weighted by Gasteiger charge is -2.30. The van der Waals surface area contributed by atoms with E-state index in [4.69, 9.17) is 4.74 Å². The van der Waals surface area contributed by atoms with E-state index < -0.39 is 17.2 Å². The van der Waals surface area contributed by atoms with Crippen molar-refractivity contribution in [3.63, 3.8) is 0 Å².